The average molecular weight is 298 g/mol. The predicted octanol–water partition coefficient (Wildman–Crippen LogP) is 3.27. The van der Waals surface area contributed by atoms with Crippen molar-refractivity contribution in [3.8, 4) is 0 Å². The van der Waals surface area contributed by atoms with Gasteiger partial charge < -0.3 is 4.90 Å². The highest BCUT2D eigenvalue weighted by molar-refractivity contribution is 9.09. The first-order valence-corrected chi connectivity index (χ1v) is 7.42. The van der Waals surface area contributed by atoms with Crippen molar-refractivity contribution in [3.63, 3.8) is 0 Å². The number of halogens is 1. The fourth-order valence-corrected chi connectivity index (χ4v) is 2.31. The monoisotopic (exact) mass is 297 g/mol. The molecule has 94 valence electrons. The van der Waals surface area contributed by atoms with Gasteiger partial charge in [-0.25, -0.2) is 9.97 Å². The molecule has 0 radical (unpaired) electrons. The molecule has 0 aliphatic heterocycles. The molecule has 4 heteroatoms. The summed E-state index contributed by atoms with van der Waals surface area (Å²) >= 11 is 3.51. The van der Waals surface area contributed by atoms with E-state index >= 15 is 0 Å². The molecule has 2 rings (SSSR count). The van der Waals surface area contributed by atoms with Crippen LogP contribution in [-0.2, 0) is 0 Å². The van der Waals surface area contributed by atoms with E-state index in [1.807, 2.05) is 0 Å². The molecule has 17 heavy (non-hydrogen) atoms. The summed E-state index contributed by atoms with van der Waals surface area (Å²) in [6.45, 7) is 7.40. The van der Waals surface area contributed by atoms with Crippen molar-refractivity contribution >= 4 is 21.9 Å². The third-order valence-electron chi connectivity index (χ3n) is 3.02. The number of rotatable bonds is 5. The van der Waals surface area contributed by atoms with E-state index in [0.29, 0.717) is 12.0 Å². The zero-order valence-electron chi connectivity index (χ0n) is 10.8. The van der Waals surface area contributed by atoms with Gasteiger partial charge in [-0.3, -0.25) is 0 Å². The topological polar surface area (TPSA) is 29.0 Å². The predicted molar refractivity (Wildman–Crippen MR) is 75.0 cm³/mol. The highest BCUT2D eigenvalue weighted by Crippen LogP contribution is 2.30. The van der Waals surface area contributed by atoms with Crippen molar-refractivity contribution in [1.29, 1.82) is 0 Å². The van der Waals surface area contributed by atoms with E-state index in [4.69, 9.17) is 4.98 Å². The largest absolute Gasteiger partial charge is 0.337 e. The second-order valence-corrected chi connectivity index (χ2v) is 5.80. The van der Waals surface area contributed by atoms with Crippen molar-refractivity contribution in [3.05, 3.63) is 17.5 Å². The highest BCUT2D eigenvalue weighted by atomic mass is 79.9. The van der Waals surface area contributed by atoms with Crippen LogP contribution in [0.25, 0.3) is 0 Å². The Morgan fingerprint density at radius 2 is 2.12 bits per heavy atom. The lowest BCUT2D eigenvalue weighted by Gasteiger charge is -2.22. The van der Waals surface area contributed by atoms with Crippen LogP contribution < -0.4 is 4.90 Å². The van der Waals surface area contributed by atoms with Crippen LogP contribution in [0.2, 0.25) is 0 Å². The van der Waals surface area contributed by atoms with Crippen LogP contribution in [0.5, 0.6) is 0 Å². The Morgan fingerprint density at radius 3 is 2.65 bits per heavy atom. The minimum absolute atomic E-state index is 0.459. The first-order chi connectivity index (χ1) is 8.11. The third-order valence-corrected chi connectivity index (χ3v) is 3.38. The Balaban J connectivity index is 2.28. The van der Waals surface area contributed by atoms with Gasteiger partial charge in [0.05, 0.1) is 0 Å². The van der Waals surface area contributed by atoms with Gasteiger partial charge in [-0.2, -0.15) is 0 Å². The van der Waals surface area contributed by atoms with Crippen LogP contribution in [0.3, 0.4) is 0 Å². The molecule has 3 nitrogen and oxygen atoms in total. The SMILES string of the molecule is Cc1cc(C(C)C)nc(N(CCBr)C2CC2)n1. The van der Waals surface area contributed by atoms with Gasteiger partial charge in [0.2, 0.25) is 5.95 Å². The molecular weight excluding hydrogens is 278 g/mol. The summed E-state index contributed by atoms with van der Waals surface area (Å²) in [5.41, 5.74) is 2.21. The van der Waals surface area contributed by atoms with E-state index in [2.05, 4.69) is 52.7 Å². The number of hydrogen-bond acceptors (Lipinski definition) is 3. The molecule has 0 amide bonds. The molecule has 0 saturated heterocycles. The Kier molecular flexibility index (Phi) is 4.02. The molecule has 1 saturated carbocycles. The highest BCUT2D eigenvalue weighted by Gasteiger charge is 2.30. The van der Waals surface area contributed by atoms with Crippen LogP contribution in [0.4, 0.5) is 5.95 Å². The number of aromatic nitrogens is 2. The van der Waals surface area contributed by atoms with Crippen LogP contribution >= 0.6 is 15.9 Å². The van der Waals surface area contributed by atoms with E-state index in [-0.39, 0.29) is 0 Å². The third kappa shape index (κ3) is 3.18. The zero-order chi connectivity index (χ0) is 12.4. The fraction of sp³-hybridized carbons (Fsp3) is 0.692. The maximum Gasteiger partial charge on any atom is 0.226 e. The van der Waals surface area contributed by atoms with E-state index in [1.54, 1.807) is 0 Å². The molecule has 1 aliphatic carbocycles. The summed E-state index contributed by atoms with van der Waals surface area (Å²) in [4.78, 5) is 11.6. The van der Waals surface area contributed by atoms with Crippen LogP contribution in [-0.4, -0.2) is 27.9 Å². The van der Waals surface area contributed by atoms with Gasteiger partial charge in [-0.15, -0.1) is 0 Å². The van der Waals surface area contributed by atoms with Gasteiger partial charge in [0.15, 0.2) is 0 Å². The van der Waals surface area contributed by atoms with E-state index in [0.717, 1.165) is 29.2 Å². The summed E-state index contributed by atoms with van der Waals surface area (Å²) in [5, 5.41) is 0.970. The lowest BCUT2D eigenvalue weighted by molar-refractivity contribution is 0.754. The minimum atomic E-state index is 0.459. The van der Waals surface area contributed by atoms with Crippen molar-refractivity contribution in [2.24, 2.45) is 0 Å². The summed E-state index contributed by atoms with van der Waals surface area (Å²) in [6.07, 6.45) is 2.56. The van der Waals surface area contributed by atoms with Gasteiger partial charge in [0.1, 0.15) is 0 Å². The summed E-state index contributed by atoms with van der Waals surface area (Å²) in [5.74, 6) is 1.37. The molecule has 1 aromatic rings. The molecule has 0 unspecified atom stereocenters. The van der Waals surface area contributed by atoms with E-state index in [9.17, 15) is 0 Å². The number of nitrogens with zero attached hydrogens (tertiary/aromatic N) is 3. The van der Waals surface area contributed by atoms with Gasteiger partial charge in [-0.05, 0) is 31.7 Å². The summed E-state index contributed by atoms with van der Waals surface area (Å²) in [7, 11) is 0. The maximum absolute atomic E-state index is 4.71. The Hall–Kier alpha value is -0.640. The lowest BCUT2D eigenvalue weighted by Crippen LogP contribution is -2.30. The van der Waals surface area contributed by atoms with Crippen molar-refractivity contribution in [2.75, 3.05) is 16.8 Å². The van der Waals surface area contributed by atoms with Gasteiger partial charge in [0, 0.05) is 29.3 Å². The minimum Gasteiger partial charge on any atom is -0.337 e. The number of aryl methyl sites for hydroxylation is 1. The molecule has 1 fully saturated rings. The second-order valence-electron chi connectivity index (χ2n) is 5.00. The molecule has 1 heterocycles. The number of anilines is 1. The quantitative estimate of drug-likeness (QED) is 0.781. The molecule has 0 bridgehead atoms. The molecule has 0 N–H and O–H groups in total. The standard InChI is InChI=1S/C13H20BrN3/c1-9(2)12-8-10(3)15-13(16-12)17(7-6-14)11-4-5-11/h8-9,11H,4-7H2,1-3H3. The van der Waals surface area contributed by atoms with Gasteiger partial charge >= 0.3 is 0 Å². The Morgan fingerprint density at radius 1 is 1.41 bits per heavy atom. The molecule has 1 aliphatic rings. The van der Waals surface area contributed by atoms with E-state index < -0.39 is 0 Å². The summed E-state index contributed by atoms with van der Waals surface area (Å²) in [6, 6.07) is 2.75. The first-order valence-electron chi connectivity index (χ1n) is 6.30. The fourth-order valence-electron chi connectivity index (χ4n) is 1.92. The van der Waals surface area contributed by atoms with Gasteiger partial charge in [0.25, 0.3) is 0 Å². The van der Waals surface area contributed by atoms with E-state index in [1.165, 1.54) is 12.8 Å². The molecule has 1 aromatic heterocycles. The van der Waals surface area contributed by atoms with Crippen molar-refractivity contribution in [2.45, 2.75) is 45.6 Å². The molecule has 0 aromatic carbocycles. The summed E-state index contributed by atoms with van der Waals surface area (Å²) < 4.78 is 0. The molecule has 0 atom stereocenters. The molecule has 0 spiro atoms. The second kappa shape index (κ2) is 5.34. The zero-order valence-corrected chi connectivity index (χ0v) is 12.4. The van der Waals surface area contributed by atoms with Crippen LogP contribution in [0.1, 0.15) is 44.0 Å². The normalized spacial score (nSPS) is 15.4. The first kappa shape index (κ1) is 12.8. The lowest BCUT2D eigenvalue weighted by atomic mass is 10.1. The van der Waals surface area contributed by atoms with Crippen LogP contribution in [0.15, 0.2) is 6.07 Å². The number of hydrogen-bond donors (Lipinski definition) is 0. The average Bonchev–Trinajstić information content (AvgIpc) is 3.08. The number of alkyl halides is 1. The van der Waals surface area contributed by atoms with Crippen molar-refractivity contribution in [1.82, 2.24) is 9.97 Å². The van der Waals surface area contributed by atoms with Crippen LogP contribution in [0, 0.1) is 6.92 Å². The van der Waals surface area contributed by atoms with Gasteiger partial charge in [-0.1, -0.05) is 29.8 Å². The Bertz CT molecular complexity index is 388. The van der Waals surface area contributed by atoms with Crippen molar-refractivity contribution < 1.29 is 0 Å². The Labute approximate surface area is 112 Å². The maximum atomic E-state index is 4.71. The smallest absolute Gasteiger partial charge is 0.226 e. The molecular formula is C13H20BrN3.